The fraction of sp³-hybridized carbons (Fsp3) is 0.333. The van der Waals surface area contributed by atoms with Crippen molar-refractivity contribution in [2.45, 2.75) is 25.1 Å². The second-order valence-electron chi connectivity index (χ2n) is 6.56. The smallest absolute Gasteiger partial charge is 0.336 e. The fourth-order valence-corrected chi connectivity index (χ4v) is 3.79. The van der Waals surface area contributed by atoms with Crippen LogP contribution in [0.15, 0.2) is 30.5 Å². The normalized spacial score (nSPS) is 15.7. The van der Waals surface area contributed by atoms with E-state index in [0.29, 0.717) is 29.5 Å². The summed E-state index contributed by atoms with van der Waals surface area (Å²) in [5.74, 6) is -0.728. The summed E-state index contributed by atoms with van der Waals surface area (Å²) in [6.45, 7) is 0.514. The molecule has 1 N–H and O–H groups in total. The summed E-state index contributed by atoms with van der Waals surface area (Å²) >= 11 is 5.96. The van der Waals surface area contributed by atoms with Gasteiger partial charge in [0, 0.05) is 12.6 Å². The van der Waals surface area contributed by atoms with Crippen LogP contribution in [0.25, 0.3) is 5.65 Å². The van der Waals surface area contributed by atoms with Crippen molar-refractivity contribution >= 4 is 28.6 Å². The highest BCUT2D eigenvalue weighted by Crippen LogP contribution is 2.38. The van der Waals surface area contributed by atoms with Crippen LogP contribution in [0.2, 0.25) is 5.15 Å². The number of aryl methyl sites for hydroxylation is 1. The van der Waals surface area contributed by atoms with Crippen LogP contribution in [0, 0.1) is 5.82 Å². The first-order valence-corrected chi connectivity index (χ1v) is 9.01. The Morgan fingerprint density at radius 1 is 1.21 bits per heavy atom. The standard InChI is InChI=1S/C18H16ClF4N5/c1-24-17(18(21,22)23)10-4-5-12(11(20)7-10)27-6-2-3-13-14(27)9-25-16-8-15(19)26-28(13)16/h4-5,7-9,17,24H,2-3,6H2,1H3/t17-/m0/s1. The number of hydrogen-bond donors (Lipinski definition) is 1. The van der Waals surface area contributed by atoms with E-state index in [1.165, 1.54) is 19.2 Å². The lowest BCUT2D eigenvalue weighted by Crippen LogP contribution is -2.32. The van der Waals surface area contributed by atoms with Gasteiger partial charge in [-0.25, -0.2) is 13.9 Å². The Morgan fingerprint density at radius 3 is 2.68 bits per heavy atom. The molecule has 148 valence electrons. The molecule has 1 atom stereocenters. The molecule has 4 rings (SSSR count). The molecule has 0 bridgehead atoms. The SMILES string of the molecule is CN[C@@H](c1ccc(N2CCCc3c2cnc2cc(Cl)nn32)c(F)c1)C(F)(F)F. The van der Waals surface area contributed by atoms with Crippen molar-refractivity contribution in [3.63, 3.8) is 0 Å². The second-order valence-corrected chi connectivity index (χ2v) is 6.94. The molecule has 0 spiro atoms. The van der Waals surface area contributed by atoms with E-state index in [1.54, 1.807) is 21.7 Å². The number of aromatic nitrogens is 3. The quantitative estimate of drug-likeness (QED) is 0.645. The van der Waals surface area contributed by atoms with Crippen molar-refractivity contribution in [2.75, 3.05) is 18.5 Å². The van der Waals surface area contributed by atoms with E-state index in [9.17, 15) is 17.6 Å². The number of rotatable bonds is 3. The summed E-state index contributed by atoms with van der Waals surface area (Å²) in [4.78, 5) is 6.02. The number of nitrogens with zero attached hydrogens (tertiary/aromatic N) is 4. The molecule has 0 fully saturated rings. The Balaban J connectivity index is 1.76. The summed E-state index contributed by atoms with van der Waals surface area (Å²) in [5, 5.41) is 6.71. The lowest BCUT2D eigenvalue weighted by molar-refractivity contribution is -0.156. The van der Waals surface area contributed by atoms with Gasteiger partial charge in [0.15, 0.2) is 10.8 Å². The molecule has 0 saturated heterocycles. The van der Waals surface area contributed by atoms with Crippen LogP contribution in [0.5, 0.6) is 0 Å². The van der Waals surface area contributed by atoms with Crippen LogP contribution in [-0.4, -0.2) is 34.4 Å². The van der Waals surface area contributed by atoms with Crippen molar-refractivity contribution in [2.24, 2.45) is 0 Å². The van der Waals surface area contributed by atoms with Crippen molar-refractivity contribution in [3.05, 3.63) is 52.7 Å². The van der Waals surface area contributed by atoms with Gasteiger partial charge in [-0.05, 0) is 37.6 Å². The van der Waals surface area contributed by atoms with Crippen molar-refractivity contribution in [3.8, 4) is 0 Å². The highest BCUT2D eigenvalue weighted by Gasteiger charge is 2.40. The summed E-state index contributed by atoms with van der Waals surface area (Å²) < 4.78 is 55.8. The van der Waals surface area contributed by atoms with E-state index in [4.69, 9.17) is 11.6 Å². The van der Waals surface area contributed by atoms with Crippen molar-refractivity contribution in [1.29, 1.82) is 0 Å². The number of alkyl halides is 3. The maximum Gasteiger partial charge on any atom is 0.407 e. The predicted octanol–water partition coefficient (Wildman–Crippen LogP) is 4.43. The Kier molecular flexibility index (Phi) is 4.67. The first-order chi connectivity index (χ1) is 13.3. The van der Waals surface area contributed by atoms with Gasteiger partial charge in [0.1, 0.15) is 11.9 Å². The minimum Gasteiger partial charge on any atom is -0.336 e. The Hall–Kier alpha value is -2.39. The summed E-state index contributed by atoms with van der Waals surface area (Å²) in [5.41, 5.74) is 2.09. The minimum absolute atomic E-state index is 0.180. The maximum atomic E-state index is 14.8. The third kappa shape index (κ3) is 3.18. The van der Waals surface area contributed by atoms with E-state index in [2.05, 4.69) is 15.4 Å². The van der Waals surface area contributed by atoms with E-state index in [-0.39, 0.29) is 11.3 Å². The molecule has 0 unspecified atom stereocenters. The minimum atomic E-state index is -4.52. The summed E-state index contributed by atoms with van der Waals surface area (Å²) in [7, 11) is 1.19. The molecule has 1 aliphatic heterocycles. The van der Waals surface area contributed by atoms with Crippen LogP contribution >= 0.6 is 11.6 Å². The lowest BCUT2D eigenvalue weighted by Gasteiger charge is -2.31. The number of benzene rings is 1. The van der Waals surface area contributed by atoms with E-state index in [0.717, 1.165) is 18.2 Å². The van der Waals surface area contributed by atoms with Gasteiger partial charge in [-0.2, -0.15) is 18.3 Å². The van der Waals surface area contributed by atoms with Crippen LogP contribution in [0.1, 0.15) is 23.7 Å². The molecule has 5 nitrogen and oxygen atoms in total. The van der Waals surface area contributed by atoms with Gasteiger partial charge in [-0.3, -0.25) is 0 Å². The number of halogens is 5. The van der Waals surface area contributed by atoms with Gasteiger partial charge in [0.2, 0.25) is 0 Å². The molecule has 3 aromatic rings. The highest BCUT2D eigenvalue weighted by molar-refractivity contribution is 6.29. The monoisotopic (exact) mass is 413 g/mol. The van der Waals surface area contributed by atoms with Gasteiger partial charge in [0.25, 0.3) is 0 Å². The van der Waals surface area contributed by atoms with Gasteiger partial charge < -0.3 is 10.2 Å². The van der Waals surface area contributed by atoms with E-state index < -0.39 is 18.0 Å². The maximum absolute atomic E-state index is 14.8. The van der Waals surface area contributed by atoms with Gasteiger partial charge >= 0.3 is 6.18 Å². The largest absolute Gasteiger partial charge is 0.407 e. The third-order valence-electron chi connectivity index (χ3n) is 4.83. The third-order valence-corrected chi connectivity index (χ3v) is 5.01. The molecule has 1 aromatic carbocycles. The lowest BCUT2D eigenvalue weighted by atomic mass is 10.0. The molecular weight excluding hydrogens is 398 g/mol. The van der Waals surface area contributed by atoms with Crippen molar-refractivity contribution < 1.29 is 17.6 Å². The molecule has 10 heteroatoms. The summed E-state index contributed by atoms with van der Waals surface area (Å²) in [6.07, 6.45) is -1.47. The molecule has 1 aliphatic rings. The second kappa shape index (κ2) is 6.89. The first-order valence-electron chi connectivity index (χ1n) is 8.63. The van der Waals surface area contributed by atoms with Gasteiger partial charge in [-0.1, -0.05) is 17.7 Å². The zero-order chi connectivity index (χ0) is 20.1. The number of nitrogens with one attached hydrogen (secondary N) is 1. The Labute approximate surface area is 162 Å². The average Bonchev–Trinajstić information content (AvgIpc) is 3.01. The molecule has 0 saturated carbocycles. The van der Waals surface area contributed by atoms with Crippen molar-refractivity contribution in [1.82, 2.24) is 19.9 Å². The van der Waals surface area contributed by atoms with E-state index >= 15 is 0 Å². The molecule has 2 aromatic heterocycles. The van der Waals surface area contributed by atoms with Crippen LogP contribution in [0.3, 0.4) is 0 Å². The molecule has 28 heavy (non-hydrogen) atoms. The number of fused-ring (bicyclic) bond motifs is 3. The average molecular weight is 414 g/mol. The van der Waals surface area contributed by atoms with Gasteiger partial charge in [-0.15, -0.1) is 0 Å². The number of anilines is 2. The van der Waals surface area contributed by atoms with E-state index in [1.807, 2.05) is 0 Å². The molecular formula is C18H16ClF4N5. The van der Waals surface area contributed by atoms with Crippen LogP contribution < -0.4 is 10.2 Å². The van der Waals surface area contributed by atoms with Crippen LogP contribution in [-0.2, 0) is 6.42 Å². The fourth-order valence-electron chi connectivity index (χ4n) is 3.62. The Bertz CT molecular complexity index is 1030. The topological polar surface area (TPSA) is 45.5 Å². The molecule has 3 heterocycles. The van der Waals surface area contributed by atoms with Gasteiger partial charge in [0.05, 0.1) is 23.3 Å². The van der Waals surface area contributed by atoms with Crippen LogP contribution in [0.4, 0.5) is 28.9 Å². The zero-order valence-corrected chi connectivity index (χ0v) is 15.5. The number of hydrogen-bond acceptors (Lipinski definition) is 4. The Morgan fingerprint density at radius 2 is 2.00 bits per heavy atom. The molecule has 0 amide bonds. The zero-order valence-electron chi connectivity index (χ0n) is 14.8. The predicted molar refractivity (Wildman–Crippen MR) is 97.6 cm³/mol. The molecule has 0 radical (unpaired) electrons. The molecule has 0 aliphatic carbocycles. The highest BCUT2D eigenvalue weighted by atomic mass is 35.5. The first kappa shape index (κ1) is 18.9. The summed E-state index contributed by atoms with van der Waals surface area (Å²) in [6, 6.07) is 3.28.